The number of benzene rings is 4. The van der Waals surface area contributed by atoms with Gasteiger partial charge in [0.25, 0.3) is 0 Å². The highest BCUT2D eigenvalue weighted by atomic mass is 32.2. The zero-order chi connectivity index (χ0) is 30.1. The fourth-order valence-corrected chi connectivity index (χ4v) is 5.03. The van der Waals surface area contributed by atoms with E-state index in [-0.39, 0.29) is 0 Å². The van der Waals surface area contributed by atoms with Crippen LogP contribution in [0.5, 0.6) is 0 Å². The molecule has 4 aromatic carbocycles. The van der Waals surface area contributed by atoms with E-state index in [0.29, 0.717) is 0 Å². The summed E-state index contributed by atoms with van der Waals surface area (Å²) in [5.74, 6) is 25.1. The second-order valence-corrected chi connectivity index (χ2v) is 11.0. The largest absolute Gasteiger partial charge is 0.0598 e. The van der Waals surface area contributed by atoms with Crippen molar-refractivity contribution in [2.75, 3.05) is 0 Å². The number of thioether (sulfide) groups is 4. The van der Waals surface area contributed by atoms with E-state index in [4.69, 9.17) is 0 Å². The van der Waals surface area contributed by atoms with Crippen molar-refractivity contribution in [2.24, 2.45) is 0 Å². The van der Waals surface area contributed by atoms with Gasteiger partial charge in [-0.05, 0) is 115 Å². The third-order valence-corrected chi connectivity index (χ3v) is 7.05. The minimum Gasteiger partial charge on any atom is -0.0598 e. The molecule has 0 radical (unpaired) electrons. The van der Waals surface area contributed by atoms with Crippen LogP contribution in [0.4, 0.5) is 0 Å². The number of hydrogen-bond donors (Lipinski definition) is 0. The molecule has 4 heteroatoms. The predicted octanol–water partition coefficient (Wildman–Crippen LogP) is 8.21. The molecule has 0 spiro atoms. The van der Waals surface area contributed by atoms with Gasteiger partial charge in [-0.25, -0.2) is 0 Å². The molecule has 0 unspecified atom stereocenters. The number of fused-ring (bicyclic) bond motifs is 8. The van der Waals surface area contributed by atoms with Crippen LogP contribution in [0.15, 0.2) is 97.1 Å². The Balaban J connectivity index is 1.38. The second-order valence-electron chi connectivity index (χ2n) is 8.55. The van der Waals surface area contributed by atoms with Crippen LogP contribution in [0, 0.1) is 89.4 Å². The van der Waals surface area contributed by atoms with Crippen molar-refractivity contribution in [3.8, 4) is 89.4 Å². The molecule has 0 fully saturated rings. The van der Waals surface area contributed by atoms with Gasteiger partial charge in [-0.3, -0.25) is 0 Å². The molecule has 200 valence electrons. The summed E-state index contributed by atoms with van der Waals surface area (Å²) >= 11 is 5.01. The maximum absolute atomic E-state index is 3.13. The van der Waals surface area contributed by atoms with Gasteiger partial charge < -0.3 is 0 Å². The van der Waals surface area contributed by atoms with E-state index in [9.17, 15) is 0 Å². The quantitative estimate of drug-likeness (QED) is 0.181. The molecule has 0 aliphatic carbocycles. The summed E-state index contributed by atoms with van der Waals surface area (Å²) in [6.45, 7) is 0. The normalized spacial score (nSPS) is 11.3. The molecule has 5 rings (SSSR count). The van der Waals surface area contributed by atoms with Gasteiger partial charge in [0.15, 0.2) is 0 Å². The molecule has 8 bridgehead atoms. The summed E-state index contributed by atoms with van der Waals surface area (Å²) in [7, 11) is 0. The Kier molecular flexibility index (Phi) is 11.7. The van der Waals surface area contributed by atoms with Crippen molar-refractivity contribution in [3.63, 3.8) is 0 Å². The Labute approximate surface area is 276 Å². The standard InChI is InChI=1S/C40H16S4/c1-5-33-13-21-41-23-15-35-7-2-9-37(30-35)17-25-43-27-19-39-11-4-12-40(32-39)20-28-44-26-18-38-10-3-8-36(31-38)16-24-42-22-14-34(6-1)29-33/h1-12,29-32H. The molecule has 0 saturated heterocycles. The average Bonchev–Trinajstić information content (AvgIpc) is 3.05. The highest BCUT2D eigenvalue weighted by Gasteiger charge is 1.93. The van der Waals surface area contributed by atoms with Crippen LogP contribution in [0.2, 0.25) is 0 Å². The Hall–Kier alpha value is -5.24. The lowest BCUT2D eigenvalue weighted by molar-refractivity contribution is 1.60. The lowest BCUT2D eigenvalue weighted by atomic mass is 10.1. The number of rotatable bonds is 0. The molecule has 1 aliphatic rings. The summed E-state index contributed by atoms with van der Waals surface area (Å²) in [6.07, 6.45) is 0. The highest BCUT2D eigenvalue weighted by Crippen LogP contribution is 2.09. The second kappa shape index (κ2) is 17.0. The average molecular weight is 625 g/mol. The summed E-state index contributed by atoms with van der Waals surface area (Å²) in [5, 5.41) is 24.4. The molecule has 0 aromatic heterocycles. The van der Waals surface area contributed by atoms with Crippen LogP contribution < -0.4 is 0 Å². The first-order valence-corrected chi connectivity index (χ1v) is 16.2. The van der Waals surface area contributed by atoms with Gasteiger partial charge in [-0.1, -0.05) is 71.6 Å². The fraction of sp³-hybridized carbons (Fsp3) is 0. The van der Waals surface area contributed by atoms with Crippen LogP contribution in [-0.4, -0.2) is 0 Å². The summed E-state index contributed by atoms with van der Waals surface area (Å²) < 4.78 is 0. The van der Waals surface area contributed by atoms with E-state index in [1.54, 1.807) is 0 Å². The summed E-state index contributed by atoms with van der Waals surface area (Å²) in [5.41, 5.74) is 7.01. The van der Waals surface area contributed by atoms with E-state index >= 15 is 0 Å². The molecule has 0 atom stereocenters. The Morgan fingerprint density at radius 2 is 0.409 bits per heavy atom. The van der Waals surface area contributed by atoms with Gasteiger partial charge in [-0.2, -0.15) is 0 Å². The van der Waals surface area contributed by atoms with Crippen molar-refractivity contribution < 1.29 is 0 Å². The predicted molar refractivity (Wildman–Crippen MR) is 191 cm³/mol. The van der Waals surface area contributed by atoms with Crippen LogP contribution in [0.3, 0.4) is 0 Å². The van der Waals surface area contributed by atoms with E-state index in [0.717, 1.165) is 44.5 Å². The lowest BCUT2D eigenvalue weighted by Crippen LogP contribution is -1.78. The first-order valence-electron chi connectivity index (χ1n) is 12.9. The van der Waals surface area contributed by atoms with Crippen molar-refractivity contribution in [3.05, 3.63) is 142 Å². The van der Waals surface area contributed by atoms with Gasteiger partial charge in [0, 0.05) is 91.6 Å². The maximum Gasteiger partial charge on any atom is 0.0267 e. The van der Waals surface area contributed by atoms with Gasteiger partial charge in [0.2, 0.25) is 0 Å². The SMILES string of the molecule is C1#Cc2cccc(c2)C#CSC#Cc2cccc(c2)C#CSC#Cc2cccc(c2)C#CSC#Cc2cccc(c2)C#CS1. The van der Waals surface area contributed by atoms with Gasteiger partial charge in [-0.15, -0.1) is 0 Å². The third kappa shape index (κ3) is 10.5. The maximum atomic E-state index is 3.13. The zero-order valence-electron chi connectivity index (χ0n) is 22.9. The molecular weight excluding hydrogens is 609 g/mol. The fourth-order valence-electron chi connectivity index (χ4n) is 3.48. The Morgan fingerprint density at radius 1 is 0.250 bits per heavy atom. The summed E-state index contributed by atoms with van der Waals surface area (Å²) in [6, 6.07) is 31.2. The Bertz CT molecular complexity index is 1770. The van der Waals surface area contributed by atoms with Crippen molar-refractivity contribution in [1.82, 2.24) is 0 Å². The molecule has 4 aromatic rings. The molecule has 0 saturated carbocycles. The molecule has 0 amide bonds. The van der Waals surface area contributed by atoms with Crippen molar-refractivity contribution in [1.29, 1.82) is 0 Å². The minimum absolute atomic E-state index is 0.876. The topological polar surface area (TPSA) is 0 Å². The molecule has 1 heterocycles. The van der Waals surface area contributed by atoms with Crippen LogP contribution >= 0.6 is 47.0 Å². The van der Waals surface area contributed by atoms with E-state index < -0.39 is 0 Å². The van der Waals surface area contributed by atoms with Crippen LogP contribution in [-0.2, 0) is 0 Å². The molecule has 1 aliphatic heterocycles. The van der Waals surface area contributed by atoms with E-state index in [2.05, 4.69) is 89.4 Å². The van der Waals surface area contributed by atoms with Gasteiger partial charge in [0.1, 0.15) is 0 Å². The zero-order valence-corrected chi connectivity index (χ0v) is 26.1. The Morgan fingerprint density at radius 3 is 0.568 bits per heavy atom. The molecule has 0 N–H and O–H groups in total. The first-order chi connectivity index (χ1) is 21.8. The minimum atomic E-state index is 0.876. The van der Waals surface area contributed by atoms with Crippen molar-refractivity contribution >= 4 is 47.0 Å². The van der Waals surface area contributed by atoms with Crippen LogP contribution in [0.25, 0.3) is 0 Å². The molecular formula is C40H16S4. The highest BCUT2D eigenvalue weighted by molar-refractivity contribution is 8.09. The summed E-state index contributed by atoms with van der Waals surface area (Å²) in [4.78, 5) is 0. The van der Waals surface area contributed by atoms with Gasteiger partial charge in [0.05, 0.1) is 0 Å². The first kappa shape index (κ1) is 30.2. The molecule has 0 nitrogen and oxygen atoms in total. The number of hydrogen-bond acceptors (Lipinski definition) is 4. The molecule has 44 heavy (non-hydrogen) atoms. The van der Waals surface area contributed by atoms with Crippen molar-refractivity contribution in [2.45, 2.75) is 0 Å². The van der Waals surface area contributed by atoms with Crippen LogP contribution in [0.1, 0.15) is 44.5 Å². The monoisotopic (exact) mass is 624 g/mol. The smallest absolute Gasteiger partial charge is 0.0267 e. The van der Waals surface area contributed by atoms with Gasteiger partial charge >= 0.3 is 0 Å². The lowest BCUT2D eigenvalue weighted by Gasteiger charge is -1.92. The van der Waals surface area contributed by atoms with E-state index in [1.807, 2.05) is 97.1 Å². The van der Waals surface area contributed by atoms with E-state index in [1.165, 1.54) is 47.0 Å². The third-order valence-electron chi connectivity index (χ3n) is 5.42.